The molecule has 6 heteroatoms. The van der Waals surface area contributed by atoms with Crippen LogP contribution in [0.25, 0.3) is 0 Å². The molecule has 0 amide bonds. The zero-order chi connectivity index (χ0) is 51.4. The lowest BCUT2D eigenvalue weighted by Crippen LogP contribution is -2.30. The van der Waals surface area contributed by atoms with Crippen LogP contribution < -0.4 is 0 Å². The highest BCUT2D eigenvalue weighted by atomic mass is 16.6. The van der Waals surface area contributed by atoms with E-state index in [9.17, 15) is 14.4 Å². The second kappa shape index (κ2) is 60.4. The first-order chi connectivity index (χ1) is 35.0. The molecule has 0 bridgehead atoms. The average molecular weight is 1000 g/mol. The Kier molecular flexibility index (Phi) is 58.6. The Morgan fingerprint density at radius 1 is 0.268 bits per heavy atom. The molecule has 0 radical (unpaired) electrons. The maximum Gasteiger partial charge on any atom is 0.306 e. The fraction of sp³-hybridized carbons (Fsp3) is 0.892. The first kappa shape index (κ1) is 68.9. The molecule has 0 rings (SSSR count). The molecule has 0 N–H and O–H groups in total. The van der Waals surface area contributed by atoms with Gasteiger partial charge < -0.3 is 14.2 Å². The molecule has 0 aromatic heterocycles. The Bertz CT molecular complexity index is 1150. The third-order valence-corrected chi connectivity index (χ3v) is 14.4. The van der Waals surface area contributed by atoms with E-state index in [0.29, 0.717) is 19.3 Å². The third kappa shape index (κ3) is 58.7. The van der Waals surface area contributed by atoms with Crippen molar-refractivity contribution < 1.29 is 28.6 Å². The van der Waals surface area contributed by atoms with Crippen molar-refractivity contribution in [1.29, 1.82) is 0 Å². The number of carbonyl (C=O) groups excluding carboxylic acids is 3. The van der Waals surface area contributed by atoms with Crippen LogP contribution in [-0.4, -0.2) is 37.2 Å². The average Bonchev–Trinajstić information content (AvgIpc) is 3.37. The third-order valence-electron chi connectivity index (χ3n) is 14.4. The smallest absolute Gasteiger partial charge is 0.306 e. The molecule has 0 aromatic rings. The minimum atomic E-state index is -0.770. The highest BCUT2D eigenvalue weighted by molar-refractivity contribution is 5.71. The van der Waals surface area contributed by atoms with Crippen LogP contribution in [0.4, 0.5) is 0 Å². The van der Waals surface area contributed by atoms with Crippen LogP contribution >= 0.6 is 0 Å². The number of allylic oxidation sites excluding steroid dienone is 4. The summed E-state index contributed by atoms with van der Waals surface area (Å²) in [5.41, 5.74) is 0. The van der Waals surface area contributed by atoms with Gasteiger partial charge in [0.2, 0.25) is 0 Å². The van der Waals surface area contributed by atoms with Gasteiger partial charge in [0.05, 0.1) is 0 Å². The topological polar surface area (TPSA) is 78.9 Å². The number of carbonyl (C=O) groups is 3. The highest BCUT2D eigenvalue weighted by Gasteiger charge is 2.19. The van der Waals surface area contributed by atoms with Gasteiger partial charge in [-0.3, -0.25) is 14.4 Å². The maximum atomic E-state index is 12.9. The van der Waals surface area contributed by atoms with Crippen molar-refractivity contribution in [3.05, 3.63) is 24.3 Å². The SMILES string of the molecule is CCCCCCCC/C=C\CCCCCCCCCC(=O)OC(COC(=O)CCCCCCCCCCCCC/C=C\CCCCCCCCCC)COC(=O)CCCCCCCCCCCCCCC. The predicted molar refractivity (Wildman–Crippen MR) is 307 cm³/mol. The summed E-state index contributed by atoms with van der Waals surface area (Å²) in [7, 11) is 0. The van der Waals surface area contributed by atoms with Crippen LogP contribution in [0, 0.1) is 0 Å². The molecule has 0 heterocycles. The van der Waals surface area contributed by atoms with Crippen molar-refractivity contribution >= 4 is 17.9 Å². The summed E-state index contributed by atoms with van der Waals surface area (Å²) in [6, 6.07) is 0. The molecule has 1 atom stereocenters. The molecule has 0 aliphatic heterocycles. The fourth-order valence-corrected chi connectivity index (χ4v) is 9.61. The van der Waals surface area contributed by atoms with E-state index in [1.807, 2.05) is 0 Å². The molecular formula is C65H122O6. The minimum absolute atomic E-state index is 0.0681. The molecule has 6 nitrogen and oxygen atoms in total. The summed E-state index contributed by atoms with van der Waals surface area (Å²) >= 11 is 0. The first-order valence-electron chi connectivity index (χ1n) is 31.8. The van der Waals surface area contributed by atoms with Crippen LogP contribution in [0.2, 0.25) is 0 Å². The zero-order valence-electron chi connectivity index (χ0n) is 48.0. The fourth-order valence-electron chi connectivity index (χ4n) is 9.61. The first-order valence-corrected chi connectivity index (χ1v) is 31.8. The normalized spacial score (nSPS) is 12.1. The predicted octanol–water partition coefficient (Wildman–Crippen LogP) is 21.4. The molecule has 418 valence electrons. The van der Waals surface area contributed by atoms with Crippen molar-refractivity contribution in [1.82, 2.24) is 0 Å². The van der Waals surface area contributed by atoms with Crippen molar-refractivity contribution in [3.63, 3.8) is 0 Å². The quantitative estimate of drug-likeness (QED) is 0.0261. The van der Waals surface area contributed by atoms with Crippen LogP contribution in [-0.2, 0) is 28.6 Å². The van der Waals surface area contributed by atoms with Gasteiger partial charge in [-0.2, -0.15) is 0 Å². The standard InChI is InChI=1S/C65H122O6/c1-4-7-10-13-16-19-22-25-27-29-30-31-32-33-34-36-37-40-43-46-49-52-55-58-64(67)70-61-62(60-69-63(66)57-54-51-48-45-42-39-24-21-18-15-12-9-6-3)71-65(68)59-56-53-50-47-44-41-38-35-28-26-23-20-17-14-11-8-5-2/h26,28-30,62H,4-25,27,31-61H2,1-3H3/b28-26-,30-29-. The van der Waals surface area contributed by atoms with E-state index in [-0.39, 0.29) is 31.1 Å². The van der Waals surface area contributed by atoms with E-state index in [0.717, 1.165) is 57.8 Å². The Labute approximate surface area is 443 Å². The van der Waals surface area contributed by atoms with Crippen LogP contribution in [0.1, 0.15) is 355 Å². The number of hydrogen-bond acceptors (Lipinski definition) is 6. The van der Waals surface area contributed by atoms with Crippen molar-refractivity contribution in [2.45, 2.75) is 361 Å². The van der Waals surface area contributed by atoms with Gasteiger partial charge in [-0.15, -0.1) is 0 Å². The lowest BCUT2D eigenvalue weighted by molar-refractivity contribution is -0.167. The van der Waals surface area contributed by atoms with E-state index < -0.39 is 6.10 Å². The number of hydrogen-bond donors (Lipinski definition) is 0. The minimum Gasteiger partial charge on any atom is -0.462 e. The van der Waals surface area contributed by atoms with Crippen molar-refractivity contribution in [3.8, 4) is 0 Å². The van der Waals surface area contributed by atoms with E-state index in [2.05, 4.69) is 45.1 Å². The van der Waals surface area contributed by atoms with Crippen molar-refractivity contribution in [2.24, 2.45) is 0 Å². The van der Waals surface area contributed by atoms with Gasteiger partial charge in [-0.25, -0.2) is 0 Å². The highest BCUT2D eigenvalue weighted by Crippen LogP contribution is 2.17. The summed E-state index contributed by atoms with van der Waals surface area (Å²) in [6.07, 6.45) is 71.8. The number of ether oxygens (including phenoxy) is 3. The number of esters is 3. The molecule has 0 aliphatic rings. The largest absolute Gasteiger partial charge is 0.462 e. The molecule has 0 aliphatic carbocycles. The lowest BCUT2D eigenvalue weighted by atomic mass is 10.0. The van der Waals surface area contributed by atoms with Crippen LogP contribution in [0.3, 0.4) is 0 Å². The monoisotopic (exact) mass is 999 g/mol. The lowest BCUT2D eigenvalue weighted by Gasteiger charge is -2.18. The van der Waals surface area contributed by atoms with Crippen LogP contribution in [0.5, 0.6) is 0 Å². The zero-order valence-corrected chi connectivity index (χ0v) is 48.0. The van der Waals surface area contributed by atoms with Gasteiger partial charge in [0.1, 0.15) is 13.2 Å². The molecule has 71 heavy (non-hydrogen) atoms. The second-order valence-corrected chi connectivity index (χ2v) is 21.7. The Morgan fingerprint density at radius 2 is 0.465 bits per heavy atom. The van der Waals surface area contributed by atoms with E-state index in [1.165, 1.54) is 257 Å². The molecule has 0 fully saturated rings. The molecule has 0 spiro atoms. The summed E-state index contributed by atoms with van der Waals surface area (Å²) in [4.78, 5) is 38.3. The maximum absolute atomic E-state index is 12.9. The van der Waals surface area contributed by atoms with Gasteiger partial charge >= 0.3 is 17.9 Å². The summed E-state index contributed by atoms with van der Waals surface area (Å²) in [5.74, 6) is -0.849. The Morgan fingerprint density at radius 3 is 0.704 bits per heavy atom. The van der Waals surface area contributed by atoms with E-state index in [1.54, 1.807) is 0 Å². The van der Waals surface area contributed by atoms with E-state index in [4.69, 9.17) is 14.2 Å². The van der Waals surface area contributed by atoms with Crippen LogP contribution in [0.15, 0.2) is 24.3 Å². The Hall–Kier alpha value is -2.11. The van der Waals surface area contributed by atoms with Gasteiger partial charge in [0.25, 0.3) is 0 Å². The van der Waals surface area contributed by atoms with Crippen molar-refractivity contribution in [2.75, 3.05) is 13.2 Å². The molecular weight excluding hydrogens is 877 g/mol. The summed E-state index contributed by atoms with van der Waals surface area (Å²) in [5, 5.41) is 0. The second-order valence-electron chi connectivity index (χ2n) is 21.7. The van der Waals surface area contributed by atoms with Gasteiger partial charge in [0, 0.05) is 19.3 Å². The van der Waals surface area contributed by atoms with E-state index >= 15 is 0 Å². The Balaban J connectivity index is 4.26. The summed E-state index contributed by atoms with van der Waals surface area (Å²) < 4.78 is 16.9. The molecule has 0 saturated heterocycles. The number of rotatable bonds is 59. The molecule has 0 saturated carbocycles. The van der Waals surface area contributed by atoms with Gasteiger partial charge in [-0.1, -0.05) is 289 Å². The number of unbranched alkanes of at least 4 members (excludes halogenated alkanes) is 44. The van der Waals surface area contributed by atoms with Gasteiger partial charge in [-0.05, 0) is 70.6 Å². The molecule has 1 unspecified atom stereocenters. The van der Waals surface area contributed by atoms with Gasteiger partial charge in [0.15, 0.2) is 6.10 Å². The molecule has 0 aromatic carbocycles. The summed E-state index contributed by atoms with van der Waals surface area (Å²) in [6.45, 7) is 6.69.